The summed E-state index contributed by atoms with van der Waals surface area (Å²) in [6.45, 7) is 6.80. The lowest BCUT2D eigenvalue weighted by molar-refractivity contribution is -0.126. The van der Waals surface area contributed by atoms with Crippen LogP contribution in [-0.2, 0) is 14.8 Å². The standard InChI is InChI=1S/C24H32N2O5S/c1-5-31-22-11-10-20(16-17(22)2)32(28,29)26-14-12-19(13-15-26)24(27)25-18(3)21-8-6-7-9-23(21)30-4/h6-11,16,18-19H,5,12-15H2,1-4H3,(H,25,27)/t18-/m1/s1. The van der Waals surface area contributed by atoms with E-state index in [9.17, 15) is 13.2 Å². The summed E-state index contributed by atoms with van der Waals surface area (Å²) in [6, 6.07) is 12.3. The Hall–Kier alpha value is -2.58. The van der Waals surface area contributed by atoms with Gasteiger partial charge in [0.2, 0.25) is 15.9 Å². The highest BCUT2D eigenvalue weighted by Gasteiger charge is 2.33. The van der Waals surface area contributed by atoms with Gasteiger partial charge in [-0.3, -0.25) is 4.79 Å². The molecule has 2 aromatic rings. The second-order valence-electron chi connectivity index (χ2n) is 8.01. The fourth-order valence-electron chi connectivity index (χ4n) is 4.04. The molecule has 7 nitrogen and oxygen atoms in total. The summed E-state index contributed by atoms with van der Waals surface area (Å²) in [5.74, 6) is 1.14. The van der Waals surface area contributed by atoms with Crippen LogP contribution in [0.1, 0.15) is 43.9 Å². The molecule has 32 heavy (non-hydrogen) atoms. The molecule has 1 amide bonds. The number of aryl methyl sites for hydroxylation is 1. The van der Waals surface area contributed by atoms with Gasteiger partial charge in [-0.05, 0) is 63.4 Å². The number of methoxy groups -OCH3 is 1. The van der Waals surface area contributed by atoms with Gasteiger partial charge in [-0.2, -0.15) is 4.31 Å². The zero-order valence-corrected chi connectivity index (χ0v) is 19.9. The summed E-state index contributed by atoms with van der Waals surface area (Å²) in [5, 5.41) is 3.05. The lowest BCUT2D eigenvalue weighted by atomic mass is 9.96. The van der Waals surface area contributed by atoms with E-state index in [1.165, 1.54) is 4.31 Å². The van der Waals surface area contributed by atoms with Crippen molar-refractivity contribution in [3.8, 4) is 11.5 Å². The van der Waals surface area contributed by atoms with Crippen molar-refractivity contribution >= 4 is 15.9 Å². The summed E-state index contributed by atoms with van der Waals surface area (Å²) in [6.07, 6.45) is 0.972. The molecule has 1 N–H and O–H groups in total. The second-order valence-corrected chi connectivity index (χ2v) is 9.95. The molecule has 0 radical (unpaired) electrons. The van der Waals surface area contributed by atoms with E-state index >= 15 is 0 Å². The molecular weight excluding hydrogens is 428 g/mol. The number of amides is 1. The van der Waals surface area contributed by atoms with Gasteiger partial charge < -0.3 is 14.8 Å². The highest BCUT2D eigenvalue weighted by Crippen LogP contribution is 2.29. The molecule has 1 saturated heterocycles. The third-order valence-electron chi connectivity index (χ3n) is 5.87. The lowest BCUT2D eigenvalue weighted by Gasteiger charge is -2.31. The van der Waals surface area contributed by atoms with Crippen molar-refractivity contribution in [1.29, 1.82) is 0 Å². The van der Waals surface area contributed by atoms with E-state index in [2.05, 4.69) is 5.32 Å². The van der Waals surface area contributed by atoms with Crippen LogP contribution in [0.5, 0.6) is 11.5 Å². The number of ether oxygens (including phenoxy) is 2. The molecule has 2 aromatic carbocycles. The van der Waals surface area contributed by atoms with Crippen molar-refractivity contribution in [2.24, 2.45) is 5.92 Å². The van der Waals surface area contributed by atoms with E-state index in [1.54, 1.807) is 25.3 Å². The number of hydrogen-bond acceptors (Lipinski definition) is 5. The Morgan fingerprint density at radius 2 is 1.84 bits per heavy atom. The first-order chi connectivity index (χ1) is 15.3. The molecule has 1 aliphatic rings. The number of sulfonamides is 1. The average Bonchev–Trinajstić information content (AvgIpc) is 2.80. The highest BCUT2D eigenvalue weighted by molar-refractivity contribution is 7.89. The Labute approximate surface area is 190 Å². The van der Waals surface area contributed by atoms with Crippen molar-refractivity contribution in [2.75, 3.05) is 26.8 Å². The van der Waals surface area contributed by atoms with Crippen LogP contribution in [0, 0.1) is 12.8 Å². The van der Waals surface area contributed by atoms with Crippen LogP contribution >= 0.6 is 0 Å². The number of benzene rings is 2. The number of rotatable bonds is 8. The van der Waals surface area contributed by atoms with Gasteiger partial charge in [0.05, 0.1) is 24.7 Å². The maximum atomic E-state index is 13.1. The number of nitrogens with one attached hydrogen (secondary N) is 1. The smallest absolute Gasteiger partial charge is 0.243 e. The zero-order chi connectivity index (χ0) is 23.3. The fraction of sp³-hybridized carbons (Fsp3) is 0.458. The lowest BCUT2D eigenvalue weighted by Crippen LogP contribution is -2.43. The van der Waals surface area contributed by atoms with Crippen LogP contribution in [0.4, 0.5) is 0 Å². The number of carbonyl (C=O) groups excluding carboxylic acids is 1. The Bertz CT molecular complexity index is 1050. The van der Waals surface area contributed by atoms with E-state index in [0.717, 1.165) is 16.9 Å². The van der Waals surface area contributed by atoms with Crippen molar-refractivity contribution in [2.45, 2.75) is 44.6 Å². The number of carbonyl (C=O) groups is 1. The van der Waals surface area contributed by atoms with Gasteiger partial charge in [-0.15, -0.1) is 0 Å². The van der Waals surface area contributed by atoms with Crippen molar-refractivity contribution in [1.82, 2.24) is 9.62 Å². The molecule has 0 unspecified atom stereocenters. The zero-order valence-electron chi connectivity index (χ0n) is 19.1. The van der Waals surface area contributed by atoms with Crippen molar-refractivity contribution < 1.29 is 22.7 Å². The molecule has 0 bridgehead atoms. The fourth-order valence-corrected chi connectivity index (χ4v) is 5.60. The maximum absolute atomic E-state index is 13.1. The van der Waals surface area contributed by atoms with Crippen molar-refractivity contribution in [3.63, 3.8) is 0 Å². The molecule has 8 heteroatoms. The molecule has 1 heterocycles. The summed E-state index contributed by atoms with van der Waals surface area (Å²) in [4.78, 5) is 13.1. The normalized spacial score (nSPS) is 16.4. The quantitative estimate of drug-likeness (QED) is 0.650. The first-order valence-electron chi connectivity index (χ1n) is 10.9. The Kier molecular flexibility index (Phi) is 7.79. The molecule has 0 saturated carbocycles. The van der Waals surface area contributed by atoms with Gasteiger partial charge in [0, 0.05) is 24.6 Å². The maximum Gasteiger partial charge on any atom is 0.243 e. The van der Waals surface area contributed by atoms with Gasteiger partial charge in [-0.25, -0.2) is 8.42 Å². The Morgan fingerprint density at radius 3 is 2.47 bits per heavy atom. The Balaban J connectivity index is 1.61. The summed E-state index contributed by atoms with van der Waals surface area (Å²) >= 11 is 0. The summed E-state index contributed by atoms with van der Waals surface area (Å²) in [5.41, 5.74) is 1.70. The molecule has 0 aromatic heterocycles. The van der Waals surface area contributed by atoms with Gasteiger partial charge in [0.25, 0.3) is 0 Å². The molecular formula is C24H32N2O5S. The summed E-state index contributed by atoms with van der Waals surface area (Å²) in [7, 11) is -2.00. The van der Waals surface area contributed by atoms with Crippen LogP contribution in [0.2, 0.25) is 0 Å². The molecule has 1 fully saturated rings. The number of para-hydroxylation sites is 1. The van der Waals surface area contributed by atoms with Gasteiger partial charge in [0.1, 0.15) is 11.5 Å². The first kappa shape index (κ1) is 24.1. The molecule has 174 valence electrons. The van der Waals surface area contributed by atoms with E-state index in [4.69, 9.17) is 9.47 Å². The first-order valence-corrected chi connectivity index (χ1v) is 12.4. The monoisotopic (exact) mass is 460 g/mol. The van der Waals surface area contributed by atoms with E-state index < -0.39 is 10.0 Å². The molecule has 1 aliphatic heterocycles. The largest absolute Gasteiger partial charge is 0.496 e. The van der Waals surface area contributed by atoms with Crippen molar-refractivity contribution in [3.05, 3.63) is 53.6 Å². The SMILES string of the molecule is CCOc1ccc(S(=O)(=O)N2CCC(C(=O)N[C@H](C)c3ccccc3OC)CC2)cc1C. The number of piperidine rings is 1. The predicted octanol–water partition coefficient (Wildman–Crippen LogP) is 3.68. The summed E-state index contributed by atoms with van der Waals surface area (Å²) < 4.78 is 38.5. The average molecular weight is 461 g/mol. The minimum atomic E-state index is -3.61. The number of nitrogens with zero attached hydrogens (tertiary/aromatic N) is 1. The molecule has 0 aliphatic carbocycles. The van der Waals surface area contributed by atoms with Crippen LogP contribution in [0.3, 0.4) is 0 Å². The number of hydrogen-bond donors (Lipinski definition) is 1. The van der Waals surface area contributed by atoms with Crippen LogP contribution in [-0.4, -0.2) is 45.4 Å². The van der Waals surface area contributed by atoms with E-state index in [-0.39, 0.29) is 22.8 Å². The topological polar surface area (TPSA) is 84.9 Å². The third kappa shape index (κ3) is 5.24. The van der Waals surface area contributed by atoms with Gasteiger partial charge in [-0.1, -0.05) is 18.2 Å². The highest BCUT2D eigenvalue weighted by atomic mass is 32.2. The van der Waals surface area contributed by atoms with Crippen LogP contribution in [0.25, 0.3) is 0 Å². The van der Waals surface area contributed by atoms with Gasteiger partial charge >= 0.3 is 0 Å². The van der Waals surface area contributed by atoms with Gasteiger partial charge in [0.15, 0.2) is 0 Å². The third-order valence-corrected chi connectivity index (χ3v) is 7.77. The van der Waals surface area contributed by atoms with Crippen LogP contribution in [0.15, 0.2) is 47.4 Å². The molecule has 1 atom stereocenters. The van der Waals surface area contributed by atoms with E-state index in [1.807, 2.05) is 45.0 Å². The van der Waals surface area contributed by atoms with Crippen LogP contribution < -0.4 is 14.8 Å². The van der Waals surface area contributed by atoms with E-state index in [0.29, 0.717) is 38.3 Å². The Morgan fingerprint density at radius 1 is 1.16 bits per heavy atom. The predicted molar refractivity (Wildman–Crippen MR) is 123 cm³/mol. The molecule has 0 spiro atoms. The molecule has 3 rings (SSSR count). The minimum Gasteiger partial charge on any atom is -0.496 e. The second kappa shape index (κ2) is 10.4. The minimum absolute atomic E-state index is 0.0580.